The van der Waals surface area contributed by atoms with Crippen molar-refractivity contribution in [2.24, 2.45) is 11.8 Å². The van der Waals surface area contributed by atoms with Gasteiger partial charge in [0.05, 0.1) is 6.54 Å². The summed E-state index contributed by atoms with van der Waals surface area (Å²) in [5, 5.41) is 9.00. The molecule has 1 aromatic rings. The zero-order valence-corrected chi connectivity index (χ0v) is 12.5. The van der Waals surface area contributed by atoms with Gasteiger partial charge in [-0.3, -0.25) is 9.69 Å². The molecule has 1 aliphatic rings. The molecule has 3 nitrogen and oxygen atoms in total. The Bertz CT molecular complexity index is 435. The van der Waals surface area contributed by atoms with Gasteiger partial charge >= 0.3 is 5.97 Å². The van der Waals surface area contributed by atoms with E-state index in [1.165, 1.54) is 24.0 Å². The zero-order valence-electron chi connectivity index (χ0n) is 12.5. The second-order valence-electron chi connectivity index (χ2n) is 6.42. The summed E-state index contributed by atoms with van der Waals surface area (Å²) in [5.41, 5.74) is 2.56. The molecule has 1 N–H and O–H groups in total. The van der Waals surface area contributed by atoms with Gasteiger partial charge in [0.25, 0.3) is 0 Å². The predicted octanol–water partition coefficient (Wildman–Crippen LogP) is 3.18. The lowest BCUT2D eigenvalue weighted by molar-refractivity contribution is -0.138. The number of carboxylic acids is 1. The van der Waals surface area contributed by atoms with Gasteiger partial charge in [0, 0.05) is 13.1 Å². The molecule has 20 heavy (non-hydrogen) atoms. The molecule has 0 amide bonds. The van der Waals surface area contributed by atoms with Crippen LogP contribution in [0.3, 0.4) is 0 Å². The third kappa shape index (κ3) is 5.33. The van der Waals surface area contributed by atoms with Crippen LogP contribution in [0.25, 0.3) is 0 Å². The highest BCUT2D eigenvalue weighted by Crippen LogP contribution is 2.30. The highest BCUT2D eigenvalue weighted by atomic mass is 16.4. The molecule has 0 radical (unpaired) electrons. The standard InChI is InChI=1S/C17H25NO2/c1-13(2)9-14-3-5-15(6-4-14)10-18(12-17(19)20)11-16-7-8-16/h3-6,13,16H,7-12H2,1-2H3,(H,19,20). The van der Waals surface area contributed by atoms with E-state index in [0.717, 1.165) is 25.4 Å². The van der Waals surface area contributed by atoms with Crippen LogP contribution in [-0.2, 0) is 17.8 Å². The SMILES string of the molecule is CC(C)Cc1ccc(CN(CC(=O)O)CC2CC2)cc1. The first-order chi connectivity index (χ1) is 9.52. The van der Waals surface area contributed by atoms with Crippen LogP contribution in [0.5, 0.6) is 0 Å². The topological polar surface area (TPSA) is 40.5 Å². The van der Waals surface area contributed by atoms with Gasteiger partial charge in [0.2, 0.25) is 0 Å². The van der Waals surface area contributed by atoms with Gasteiger partial charge in [-0.05, 0) is 42.2 Å². The lowest BCUT2D eigenvalue weighted by Crippen LogP contribution is -2.31. The van der Waals surface area contributed by atoms with E-state index in [4.69, 9.17) is 5.11 Å². The predicted molar refractivity (Wildman–Crippen MR) is 80.6 cm³/mol. The first-order valence-corrected chi connectivity index (χ1v) is 7.55. The van der Waals surface area contributed by atoms with Gasteiger partial charge in [-0.2, -0.15) is 0 Å². The number of hydrogen-bond donors (Lipinski definition) is 1. The molecule has 0 spiro atoms. The molecule has 1 saturated carbocycles. The Morgan fingerprint density at radius 3 is 2.35 bits per heavy atom. The molecule has 0 bridgehead atoms. The number of nitrogens with zero attached hydrogens (tertiary/aromatic N) is 1. The van der Waals surface area contributed by atoms with Crippen molar-refractivity contribution in [2.45, 2.75) is 39.7 Å². The lowest BCUT2D eigenvalue weighted by Gasteiger charge is -2.20. The summed E-state index contributed by atoms with van der Waals surface area (Å²) >= 11 is 0. The smallest absolute Gasteiger partial charge is 0.317 e. The van der Waals surface area contributed by atoms with Crippen molar-refractivity contribution in [3.05, 3.63) is 35.4 Å². The van der Waals surface area contributed by atoms with Crippen LogP contribution < -0.4 is 0 Å². The number of benzene rings is 1. The van der Waals surface area contributed by atoms with Crippen LogP contribution >= 0.6 is 0 Å². The molecule has 1 fully saturated rings. The van der Waals surface area contributed by atoms with Crippen LogP contribution in [0.2, 0.25) is 0 Å². The average Bonchev–Trinajstić information content (AvgIpc) is 3.14. The Labute approximate surface area is 121 Å². The van der Waals surface area contributed by atoms with E-state index in [1.807, 2.05) is 0 Å². The average molecular weight is 275 g/mol. The Balaban J connectivity index is 1.92. The molecule has 0 unspecified atom stereocenters. The zero-order chi connectivity index (χ0) is 14.5. The number of aliphatic carboxylic acids is 1. The van der Waals surface area contributed by atoms with Crippen LogP contribution in [-0.4, -0.2) is 29.1 Å². The number of carboxylic acid groups (broad SMARTS) is 1. The highest BCUT2D eigenvalue weighted by Gasteiger charge is 2.25. The Hall–Kier alpha value is -1.35. The van der Waals surface area contributed by atoms with Crippen LogP contribution in [0, 0.1) is 11.8 Å². The molecule has 2 rings (SSSR count). The molecule has 0 aliphatic heterocycles. The molecular weight excluding hydrogens is 250 g/mol. The van der Waals surface area contributed by atoms with Crippen molar-refractivity contribution in [1.29, 1.82) is 0 Å². The van der Waals surface area contributed by atoms with E-state index in [2.05, 4.69) is 43.0 Å². The minimum absolute atomic E-state index is 0.143. The van der Waals surface area contributed by atoms with E-state index in [-0.39, 0.29) is 6.54 Å². The van der Waals surface area contributed by atoms with Crippen molar-refractivity contribution in [2.75, 3.05) is 13.1 Å². The van der Waals surface area contributed by atoms with E-state index in [0.29, 0.717) is 5.92 Å². The summed E-state index contributed by atoms with van der Waals surface area (Å²) in [5.74, 6) is 0.649. The first-order valence-electron chi connectivity index (χ1n) is 7.55. The van der Waals surface area contributed by atoms with Crippen molar-refractivity contribution in [1.82, 2.24) is 4.90 Å². The van der Waals surface area contributed by atoms with Gasteiger partial charge < -0.3 is 5.11 Å². The van der Waals surface area contributed by atoms with Crippen molar-refractivity contribution in [3.8, 4) is 0 Å². The van der Waals surface area contributed by atoms with Gasteiger partial charge in [-0.15, -0.1) is 0 Å². The van der Waals surface area contributed by atoms with Crippen LogP contribution in [0.1, 0.15) is 37.8 Å². The van der Waals surface area contributed by atoms with Crippen molar-refractivity contribution >= 4 is 5.97 Å². The summed E-state index contributed by atoms with van der Waals surface area (Å²) in [6, 6.07) is 8.62. The molecule has 0 aromatic heterocycles. The highest BCUT2D eigenvalue weighted by molar-refractivity contribution is 5.69. The van der Waals surface area contributed by atoms with E-state index >= 15 is 0 Å². The molecule has 3 heteroatoms. The maximum atomic E-state index is 10.9. The number of hydrogen-bond acceptors (Lipinski definition) is 2. The van der Waals surface area contributed by atoms with Crippen LogP contribution in [0.15, 0.2) is 24.3 Å². The maximum absolute atomic E-state index is 10.9. The van der Waals surface area contributed by atoms with Crippen molar-refractivity contribution in [3.63, 3.8) is 0 Å². The largest absolute Gasteiger partial charge is 0.480 e. The molecule has 1 aromatic carbocycles. The van der Waals surface area contributed by atoms with Crippen LogP contribution in [0.4, 0.5) is 0 Å². The van der Waals surface area contributed by atoms with Gasteiger partial charge in [0.15, 0.2) is 0 Å². The quantitative estimate of drug-likeness (QED) is 0.792. The number of carbonyl (C=O) groups is 1. The van der Waals surface area contributed by atoms with E-state index in [1.54, 1.807) is 0 Å². The second kappa shape index (κ2) is 6.89. The van der Waals surface area contributed by atoms with Gasteiger partial charge in [-0.25, -0.2) is 0 Å². The fourth-order valence-corrected chi connectivity index (χ4v) is 2.55. The molecular formula is C17H25NO2. The monoisotopic (exact) mass is 275 g/mol. The number of rotatable bonds is 8. The fourth-order valence-electron chi connectivity index (χ4n) is 2.55. The summed E-state index contributed by atoms with van der Waals surface area (Å²) in [6.07, 6.45) is 3.61. The summed E-state index contributed by atoms with van der Waals surface area (Å²) < 4.78 is 0. The van der Waals surface area contributed by atoms with Crippen molar-refractivity contribution < 1.29 is 9.90 Å². The second-order valence-corrected chi connectivity index (χ2v) is 6.42. The molecule has 0 saturated heterocycles. The third-order valence-corrected chi connectivity index (χ3v) is 3.65. The normalized spacial score (nSPS) is 15.0. The first kappa shape index (κ1) is 15.0. The summed E-state index contributed by atoms with van der Waals surface area (Å²) in [7, 11) is 0. The molecule has 0 atom stereocenters. The summed E-state index contributed by atoms with van der Waals surface area (Å²) in [4.78, 5) is 13.0. The fraction of sp³-hybridized carbons (Fsp3) is 0.588. The Kier molecular flexibility index (Phi) is 5.18. The van der Waals surface area contributed by atoms with Gasteiger partial charge in [0.1, 0.15) is 0 Å². The van der Waals surface area contributed by atoms with E-state index < -0.39 is 5.97 Å². The maximum Gasteiger partial charge on any atom is 0.317 e. The lowest BCUT2D eigenvalue weighted by atomic mass is 10.0. The Morgan fingerprint density at radius 1 is 1.25 bits per heavy atom. The molecule has 0 heterocycles. The minimum Gasteiger partial charge on any atom is -0.480 e. The Morgan fingerprint density at radius 2 is 1.85 bits per heavy atom. The van der Waals surface area contributed by atoms with Gasteiger partial charge in [-0.1, -0.05) is 38.1 Å². The molecule has 110 valence electrons. The summed E-state index contributed by atoms with van der Waals surface area (Å²) in [6.45, 7) is 6.24. The van der Waals surface area contributed by atoms with E-state index in [9.17, 15) is 4.79 Å². The molecule has 1 aliphatic carbocycles. The minimum atomic E-state index is -0.734. The third-order valence-electron chi connectivity index (χ3n) is 3.65.